The van der Waals surface area contributed by atoms with Gasteiger partial charge in [-0.1, -0.05) is 0 Å². The monoisotopic (exact) mass is 180 g/mol. The predicted octanol–water partition coefficient (Wildman–Crippen LogP) is -0.496. The van der Waals surface area contributed by atoms with Crippen LogP contribution < -0.4 is 0 Å². The average molecular weight is 180 g/mol. The van der Waals surface area contributed by atoms with Crippen molar-refractivity contribution in [2.24, 2.45) is 0 Å². The van der Waals surface area contributed by atoms with Gasteiger partial charge in [0.1, 0.15) is 12.5 Å². The van der Waals surface area contributed by atoms with E-state index in [4.69, 9.17) is 0 Å². The molecule has 0 aliphatic carbocycles. The van der Waals surface area contributed by atoms with Crippen molar-refractivity contribution in [1.29, 1.82) is 0 Å². The van der Waals surface area contributed by atoms with Gasteiger partial charge in [-0.15, -0.1) is 5.10 Å². The molecule has 0 saturated heterocycles. The molecule has 0 amide bonds. The Labute approximate surface area is 71.5 Å². The van der Waals surface area contributed by atoms with Crippen LogP contribution in [0.25, 0.3) is 5.95 Å². The van der Waals surface area contributed by atoms with Gasteiger partial charge in [-0.25, -0.2) is 0 Å². The van der Waals surface area contributed by atoms with Gasteiger partial charge in [0.2, 0.25) is 0 Å². The number of rotatable bonds is 1. The zero-order chi connectivity index (χ0) is 9.26. The standard InChI is InChI=1S/C3H3N3O2.C2HN3/c7-6(8)5-3-1-2-4-5;1-3-2-4-5(1)2/h1-3H;1H. The lowest BCUT2D eigenvalue weighted by Crippen LogP contribution is -2.07. The third kappa shape index (κ3) is 1.50. The average Bonchev–Trinajstić information content (AvgIpc) is 2.59. The Morgan fingerprint density at radius 1 is 1.54 bits per heavy atom. The molecule has 0 N–H and O–H groups in total. The number of aromatic nitrogens is 5. The van der Waals surface area contributed by atoms with Crippen molar-refractivity contribution >= 4 is 0 Å². The molecule has 8 nitrogen and oxygen atoms in total. The Hall–Kier alpha value is -2.25. The van der Waals surface area contributed by atoms with Gasteiger partial charge in [0.05, 0.1) is 5.03 Å². The molecule has 0 bridgehead atoms. The maximum atomic E-state index is 9.77. The molecule has 1 aromatic rings. The highest BCUT2D eigenvalue weighted by Crippen LogP contribution is 2.07. The van der Waals surface area contributed by atoms with Crippen molar-refractivity contribution in [3.05, 3.63) is 34.9 Å². The van der Waals surface area contributed by atoms with Crippen molar-refractivity contribution < 1.29 is 5.03 Å². The van der Waals surface area contributed by atoms with Gasteiger partial charge >= 0.3 is 0 Å². The van der Waals surface area contributed by atoms with Gasteiger partial charge in [0.15, 0.2) is 6.20 Å². The molecule has 0 spiro atoms. The lowest BCUT2D eigenvalue weighted by Gasteiger charge is -1.85. The van der Waals surface area contributed by atoms with Crippen molar-refractivity contribution in [2.45, 2.75) is 0 Å². The fourth-order valence-electron chi connectivity index (χ4n) is 0.644. The second-order valence-corrected chi connectivity index (χ2v) is 2.15. The zero-order valence-corrected chi connectivity index (χ0v) is 6.31. The third-order valence-corrected chi connectivity index (χ3v) is 1.30. The highest BCUT2D eigenvalue weighted by atomic mass is 16.7. The molecule has 2 aliphatic rings. The van der Waals surface area contributed by atoms with Crippen molar-refractivity contribution in [3.63, 3.8) is 0 Å². The second kappa shape index (κ2) is 2.66. The summed E-state index contributed by atoms with van der Waals surface area (Å²) in [4.78, 5) is 14.1. The maximum Gasteiger partial charge on any atom is 0.271 e. The number of hydrogen-bond donors (Lipinski definition) is 0. The van der Waals surface area contributed by atoms with E-state index >= 15 is 0 Å². The molecule has 3 heterocycles. The smallest absolute Gasteiger partial charge is 0.271 e. The SMILES string of the molecule is O=[N+]([O-])n1cccn1.c1nc2nn1-2. The highest BCUT2D eigenvalue weighted by Gasteiger charge is 2.14. The zero-order valence-electron chi connectivity index (χ0n) is 6.31. The van der Waals surface area contributed by atoms with Gasteiger partial charge in [-0.3, -0.25) is 0 Å². The van der Waals surface area contributed by atoms with Crippen LogP contribution in [0.2, 0.25) is 0 Å². The topological polar surface area (TPSA) is 91.7 Å². The minimum atomic E-state index is -0.611. The van der Waals surface area contributed by atoms with Crippen LogP contribution in [0.3, 0.4) is 0 Å². The lowest BCUT2D eigenvalue weighted by atomic mass is 10.8. The summed E-state index contributed by atoms with van der Waals surface area (Å²) >= 11 is 0. The van der Waals surface area contributed by atoms with Crippen LogP contribution in [0.5, 0.6) is 0 Å². The van der Waals surface area contributed by atoms with E-state index in [-0.39, 0.29) is 0 Å². The first-order valence-corrected chi connectivity index (χ1v) is 3.34. The highest BCUT2D eigenvalue weighted by molar-refractivity contribution is 5.16. The van der Waals surface area contributed by atoms with E-state index in [1.807, 2.05) is 0 Å². The molecule has 0 fully saturated rings. The summed E-state index contributed by atoms with van der Waals surface area (Å²) < 4.78 is 1.72. The molecule has 1 aromatic heterocycles. The molecule has 0 unspecified atom stereocenters. The molecule has 0 saturated carbocycles. The summed E-state index contributed by atoms with van der Waals surface area (Å²) in [5, 5.41) is 16.2. The molecule has 66 valence electrons. The van der Waals surface area contributed by atoms with Gasteiger partial charge in [-0.05, 0) is 0 Å². The quantitative estimate of drug-likeness (QED) is 0.372. The van der Waals surface area contributed by atoms with Crippen molar-refractivity contribution in [1.82, 2.24) is 24.7 Å². The summed E-state index contributed by atoms with van der Waals surface area (Å²) in [5.74, 6) is 0.880. The maximum absolute atomic E-state index is 9.77. The normalized spacial score (nSPS) is 10.2. The Morgan fingerprint density at radius 3 is 2.46 bits per heavy atom. The summed E-state index contributed by atoms with van der Waals surface area (Å²) in [6.07, 6.45) is 4.29. The molecule has 0 radical (unpaired) electrons. The van der Waals surface area contributed by atoms with E-state index in [1.165, 1.54) is 18.5 Å². The minimum Gasteiger partial charge on any atom is -0.339 e. The van der Waals surface area contributed by atoms with Crippen LogP contribution in [0, 0.1) is 10.1 Å². The first-order chi connectivity index (χ1) is 6.27. The Balaban J connectivity index is 0.000000110. The van der Waals surface area contributed by atoms with Crippen LogP contribution >= 0.6 is 0 Å². The number of fused-ring (bicyclic) bond motifs is 1. The number of nitro groups is 1. The van der Waals surface area contributed by atoms with E-state index in [9.17, 15) is 10.1 Å². The Bertz CT molecular complexity index is 394. The van der Waals surface area contributed by atoms with E-state index < -0.39 is 5.03 Å². The van der Waals surface area contributed by atoms with Gasteiger partial charge in [0, 0.05) is 16.0 Å². The van der Waals surface area contributed by atoms with Crippen LogP contribution in [0.4, 0.5) is 0 Å². The van der Waals surface area contributed by atoms with E-state index in [2.05, 4.69) is 15.2 Å². The summed E-state index contributed by atoms with van der Waals surface area (Å²) in [6, 6.07) is 1.49. The minimum absolute atomic E-state index is 0.611. The first-order valence-electron chi connectivity index (χ1n) is 3.34. The van der Waals surface area contributed by atoms with Crippen molar-refractivity contribution in [2.75, 3.05) is 0 Å². The molecule has 0 aromatic carbocycles. The molecule has 13 heavy (non-hydrogen) atoms. The predicted molar refractivity (Wildman–Crippen MR) is 39.5 cm³/mol. The first kappa shape index (κ1) is 7.40. The van der Waals surface area contributed by atoms with Crippen LogP contribution in [0.15, 0.2) is 24.8 Å². The van der Waals surface area contributed by atoms with E-state index in [0.29, 0.717) is 4.79 Å². The van der Waals surface area contributed by atoms with Gasteiger partial charge in [0.25, 0.3) is 5.95 Å². The van der Waals surface area contributed by atoms with Gasteiger partial charge in [-0.2, -0.15) is 9.67 Å². The largest absolute Gasteiger partial charge is 0.339 e. The molecular weight excluding hydrogens is 176 g/mol. The number of hydrogen-bond acceptors (Lipinski definition) is 5. The van der Waals surface area contributed by atoms with E-state index in [1.54, 1.807) is 11.0 Å². The van der Waals surface area contributed by atoms with Crippen LogP contribution in [0.1, 0.15) is 0 Å². The Kier molecular flexibility index (Phi) is 1.51. The Morgan fingerprint density at radius 2 is 2.31 bits per heavy atom. The fourth-order valence-corrected chi connectivity index (χ4v) is 0.644. The van der Waals surface area contributed by atoms with Crippen LogP contribution in [-0.2, 0) is 0 Å². The second-order valence-electron chi connectivity index (χ2n) is 2.15. The third-order valence-electron chi connectivity index (χ3n) is 1.30. The molecule has 2 aliphatic heterocycles. The van der Waals surface area contributed by atoms with E-state index in [0.717, 1.165) is 5.95 Å². The summed E-state index contributed by atoms with van der Waals surface area (Å²) in [5.41, 5.74) is 0. The van der Waals surface area contributed by atoms with Gasteiger partial charge < -0.3 is 10.1 Å². The molecule has 3 rings (SSSR count). The summed E-state index contributed by atoms with van der Waals surface area (Å²) in [6.45, 7) is 0. The lowest BCUT2D eigenvalue weighted by molar-refractivity contribution is -0.552. The molecule has 8 heteroatoms. The fraction of sp³-hybridized carbons (Fsp3) is 0. The van der Waals surface area contributed by atoms with Crippen molar-refractivity contribution in [3.8, 4) is 5.95 Å². The number of nitrogens with zero attached hydrogens (tertiary/aromatic N) is 6. The molecule has 0 atom stereocenters. The van der Waals surface area contributed by atoms with Crippen LogP contribution in [-0.4, -0.2) is 29.7 Å². The molecular formula is C5H4N6O2. The summed E-state index contributed by atoms with van der Waals surface area (Å²) in [7, 11) is 0.